The van der Waals surface area contributed by atoms with Crippen molar-refractivity contribution in [2.45, 2.75) is 0 Å². The van der Waals surface area contributed by atoms with E-state index in [1.807, 2.05) is 42.5 Å². The summed E-state index contributed by atoms with van der Waals surface area (Å²) in [5, 5.41) is 0. The molecular formula is C37H34O11. The Morgan fingerprint density at radius 1 is 0.583 bits per heavy atom. The van der Waals surface area contributed by atoms with Gasteiger partial charge in [-0.1, -0.05) is 56.1 Å². The zero-order valence-corrected chi connectivity index (χ0v) is 26.4. The number of hydrogen-bond donors (Lipinski definition) is 0. The fourth-order valence-corrected chi connectivity index (χ4v) is 3.75. The van der Waals surface area contributed by atoms with Gasteiger partial charge in [0.2, 0.25) is 0 Å². The summed E-state index contributed by atoms with van der Waals surface area (Å²) in [6, 6.07) is 19.9. The van der Waals surface area contributed by atoms with Crippen molar-refractivity contribution in [2.75, 3.05) is 27.4 Å². The fraction of sp³-hybridized carbons (Fsp3) is 0.108. The first-order chi connectivity index (χ1) is 23.2. The van der Waals surface area contributed by atoms with Crippen molar-refractivity contribution in [3.8, 4) is 39.5 Å². The van der Waals surface area contributed by atoms with Crippen LogP contribution in [0.25, 0.3) is 22.3 Å². The van der Waals surface area contributed by atoms with Crippen LogP contribution >= 0.6 is 0 Å². The summed E-state index contributed by atoms with van der Waals surface area (Å²) in [4.78, 5) is 34.9. The lowest BCUT2D eigenvalue weighted by Crippen LogP contribution is -2.07. The van der Waals surface area contributed by atoms with Gasteiger partial charge in [-0.2, -0.15) is 0 Å². The number of esters is 3. The molecule has 0 aliphatic heterocycles. The fourth-order valence-electron chi connectivity index (χ4n) is 3.75. The number of rotatable bonds is 18. The Kier molecular flexibility index (Phi) is 14.6. The lowest BCUT2D eigenvalue weighted by atomic mass is 9.99. The van der Waals surface area contributed by atoms with Gasteiger partial charge in [0.05, 0.1) is 24.4 Å². The number of carbonyl (C=O) groups is 3. The molecule has 0 atom stereocenters. The maximum absolute atomic E-state index is 11.8. The molecule has 0 fully saturated rings. The third-order valence-electron chi connectivity index (χ3n) is 6.02. The average molecular weight is 655 g/mol. The van der Waals surface area contributed by atoms with Gasteiger partial charge in [0.25, 0.3) is 0 Å². The molecular weight excluding hydrogens is 620 g/mol. The first kappa shape index (κ1) is 36.3. The van der Waals surface area contributed by atoms with Crippen LogP contribution in [0.3, 0.4) is 0 Å². The van der Waals surface area contributed by atoms with Crippen LogP contribution < -0.4 is 14.2 Å². The van der Waals surface area contributed by atoms with E-state index in [1.165, 1.54) is 33.0 Å². The van der Waals surface area contributed by atoms with E-state index in [-0.39, 0.29) is 24.4 Å². The van der Waals surface area contributed by atoms with Crippen molar-refractivity contribution in [1.82, 2.24) is 0 Å². The second-order valence-corrected chi connectivity index (χ2v) is 9.45. The van der Waals surface area contributed by atoms with Crippen LogP contribution in [0.15, 0.2) is 141 Å². The highest BCUT2D eigenvalue weighted by molar-refractivity contribution is 5.88. The van der Waals surface area contributed by atoms with Gasteiger partial charge in [0.1, 0.15) is 54.8 Å². The van der Waals surface area contributed by atoms with Crippen LogP contribution in [0.4, 0.5) is 0 Å². The minimum absolute atomic E-state index is 0.0611. The van der Waals surface area contributed by atoms with E-state index in [2.05, 4.69) is 19.7 Å². The number of ether oxygens (including phenoxy) is 8. The zero-order chi connectivity index (χ0) is 34.7. The molecule has 11 heteroatoms. The molecule has 0 heterocycles. The SMILES string of the molecule is C=CC(=O)O/C=C\Oc1cc(-c2ccc(O/C=C\OC(=O)C(=C)COC)cc2)ccc1-c1ccc(O/C=C\OC(=O)C(=C)COC)cc1. The highest BCUT2D eigenvalue weighted by Crippen LogP contribution is 2.36. The summed E-state index contributed by atoms with van der Waals surface area (Å²) >= 11 is 0. The molecule has 248 valence electrons. The van der Waals surface area contributed by atoms with Crippen molar-refractivity contribution in [3.05, 3.63) is 141 Å². The van der Waals surface area contributed by atoms with Crippen LogP contribution in [0, 0.1) is 0 Å². The van der Waals surface area contributed by atoms with Gasteiger partial charge in [-0.05, 0) is 47.0 Å². The standard InChI is InChI=1S/C37H34O11/c1-6-35(38)46-20-19-45-34-23-30(28-7-12-31(13-8-28)43-17-21-47-36(39)26(2)24-41-4)11-16-33(34)29-9-14-32(15-10-29)44-18-22-48-37(40)27(3)25-42-5/h6-23H,1-3,24-25H2,4-5H3/b20-19-,21-17-,22-18-. The Morgan fingerprint density at radius 3 is 1.54 bits per heavy atom. The monoisotopic (exact) mass is 654 g/mol. The highest BCUT2D eigenvalue weighted by Gasteiger charge is 2.11. The molecule has 0 saturated carbocycles. The molecule has 48 heavy (non-hydrogen) atoms. The number of benzene rings is 3. The highest BCUT2D eigenvalue weighted by atomic mass is 16.6. The molecule has 0 bridgehead atoms. The average Bonchev–Trinajstić information content (AvgIpc) is 3.10. The Hall–Kier alpha value is -6.17. The van der Waals surface area contributed by atoms with Gasteiger partial charge in [0.15, 0.2) is 0 Å². The Morgan fingerprint density at radius 2 is 1.04 bits per heavy atom. The summed E-state index contributed by atoms with van der Waals surface area (Å²) < 4.78 is 41.3. The summed E-state index contributed by atoms with van der Waals surface area (Å²) in [7, 11) is 2.90. The van der Waals surface area contributed by atoms with Crippen molar-refractivity contribution in [1.29, 1.82) is 0 Å². The van der Waals surface area contributed by atoms with Gasteiger partial charge in [-0.25, -0.2) is 14.4 Å². The molecule has 3 rings (SSSR count). The van der Waals surface area contributed by atoms with E-state index >= 15 is 0 Å². The minimum atomic E-state index is -0.630. The largest absolute Gasteiger partial charge is 0.462 e. The van der Waals surface area contributed by atoms with Crippen LogP contribution in [0.1, 0.15) is 0 Å². The van der Waals surface area contributed by atoms with Gasteiger partial charge >= 0.3 is 17.9 Å². The van der Waals surface area contributed by atoms with Gasteiger partial charge in [-0.3, -0.25) is 0 Å². The maximum Gasteiger partial charge on any atom is 0.340 e. The van der Waals surface area contributed by atoms with Crippen molar-refractivity contribution in [2.24, 2.45) is 0 Å². The molecule has 0 saturated heterocycles. The molecule has 0 radical (unpaired) electrons. The van der Waals surface area contributed by atoms with E-state index in [0.29, 0.717) is 17.2 Å². The van der Waals surface area contributed by atoms with Gasteiger partial charge in [-0.15, -0.1) is 0 Å². The molecule has 0 aliphatic carbocycles. The molecule has 11 nitrogen and oxygen atoms in total. The molecule has 0 aliphatic rings. The third-order valence-corrected chi connectivity index (χ3v) is 6.02. The van der Waals surface area contributed by atoms with E-state index in [4.69, 9.17) is 37.9 Å². The second-order valence-electron chi connectivity index (χ2n) is 9.45. The Bertz CT molecular complexity index is 1680. The quantitative estimate of drug-likeness (QED) is 0.0623. The predicted octanol–water partition coefficient (Wildman–Crippen LogP) is 6.79. The smallest absolute Gasteiger partial charge is 0.340 e. The van der Waals surface area contributed by atoms with E-state index in [0.717, 1.165) is 47.1 Å². The number of hydrogen-bond acceptors (Lipinski definition) is 11. The summed E-state index contributed by atoms with van der Waals surface area (Å²) in [5.74, 6) is -0.411. The number of carbonyl (C=O) groups excluding carboxylic acids is 3. The van der Waals surface area contributed by atoms with Gasteiger partial charge in [0, 0.05) is 25.9 Å². The first-order valence-corrected chi connectivity index (χ1v) is 14.1. The Balaban J connectivity index is 1.73. The predicted molar refractivity (Wildman–Crippen MR) is 177 cm³/mol. The second kappa shape index (κ2) is 19.4. The number of methoxy groups -OCH3 is 2. The molecule has 0 amide bonds. The van der Waals surface area contributed by atoms with Crippen LogP contribution in [-0.4, -0.2) is 45.3 Å². The lowest BCUT2D eigenvalue weighted by Gasteiger charge is -2.12. The molecule has 0 spiro atoms. The zero-order valence-electron chi connectivity index (χ0n) is 26.4. The molecule has 0 aromatic heterocycles. The van der Waals surface area contributed by atoms with Crippen molar-refractivity contribution < 1.29 is 52.3 Å². The maximum atomic E-state index is 11.8. The summed E-state index contributed by atoms with van der Waals surface area (Å²) in [6.07, 6.45) is 8.10. The van der Waals surface area contributed by atoms with Crippen LogP contribution in [0.2, 0.25) is 0 Å². The van der Waals surface area contributed by atoms with Crippen LogP contribution in [-0.2, 0) is 38.1 Å². The first-order valence-electron chi connectivity index (χ1n) is 14.1. The van der Waals surface area contributed by atoms with Gasteiger partial charge < -0.3 is 37.9 Å². The molecule has 0 unspecified atom stereocenters. The van der Waals surface area contributed by atoms with E-state index in [1.54, 1.807) is 24.3 Å². The summed E-state index contributed by atoms with van der Waals surface area (Å²) in [6.45, 7) is 10.6. The van der Waals surface area contributed by atoms with Crippen molar-refractivity contribution in [3.63, 3.8) is 0 Å². The lowest BCUT2D eigenvalue weighted by molar-refractivity contribution is -0.135. The summed E-state index contributed by atoms with van der Waals surface area (Å²) in [5.41, 5.74) is 3.56. The topological polar surface area (TPSA) is 125 Å². The van der Waals surface area contributed by atoms with E-state index in [9.17, 15) is 14.4 Å². The van der Waals surface area contributed by atoms with E-state index < -0.39 is 17.9 Å². The minimum Gasteiger partial charge on any atom is -0.462 e. The molecule has 3 aromatic rings. The Labute approximate surface area is 278 Å². The third kappa shape index (κ3) is 11.6. The van der Waals surface area contributed by atoms with Crippen LogP contribution in [0.5, 0.6) is 17.2 Å². The normalized spacial score (nSPS) is 10.9. The molecule has 0 N–H and O–H groups in total. The van der Waals surface area contributed by atoms with Crippen molar-refractivity contribution >= 4 is 17.9 Å². The molecule has 3 aromatic carbocycles.